The molecule has 2 aromatic rings. The van der Waals surface area contributed by atoms with Crippen LogP contribution in [0.2, 0.25) is 0 Å². The Morgan fingerprint density at radius 2 is 1.75 bits per heavy atom. The van der Waals surface area contributed by atoms with Gasteiger partial charge in [0.25, 0.3) is 0 Å². The maximum Gasteiger partial charge on any atom is 0.336 e. The van der Waals surface area contributed by atoms with Crippen molar-refractivity contribution in [2.24, 2.45) is 5.92 Å². The first-order valence-corrected chi connectivity index (χ1v) is 10.3. The number of esters is 1. The summed E-state index contributed by atoms with van der Waals surface area (Å²) in [6.07, 6.45) is 7.32. The summed E-state index contributed by atoms with van der Waals surface area (Å²) in [6, 6.07) is 7.18. The fraction of sp³-hybridized carbons (Fsp3) is 0.565. The summed E-state index contributed by atoms with van der Waals surface area (Å²) in [4.78, 5) is 22.8. The molecular weight excluding hydrogens is 356 g/mol. The lowest BCUT2D eigenvalue weighted by Crippen LogP contribution is -2.04. The summed E-state index contributed by atoms with van der Waals surface area (Å²) >= 11 is 0. The summed E-state index contributed by atoms with van der Waals surface area (Å²) in [6.45, 7) is 5.00. The molecule has 0 radical (unpaired) electrons. The van der Waals surface area contributed by atoms with Crippen LogP contribution in [0.5, 0.6) is 5.75 Å². The third kappa shape index (κ3) is 7.02. The summed E-state index contributed by atoms with van der Waals surface area (Å²) in [7, 11) is 1.42. The van der Waals surface area contributed by atoms with E-state index >= 15 is 0 Å². The van der Waals surface area contributed by atoms with Crippen LogP contribution in [0, 0.1) is 5.92 Å². The molecule has 0 amide bonds. The van der Waals surface area contributed by atoms with Gasteiger partial charge < -0.3 is 13.9 Å². The SMILES string of the molecule is COC(=O)CCCCCCCOc1ccc2ccc(=O)oc2c1CCC(C)C. The summed E-state index contributed by atoms with van der Waals surface area (Å²) in [5.74, 6) is 1.23. The number of hydrogen-bond acceptors (Lipinski definition) is 5. The molecule has 0 saturated carbocycles. The molecule has 1 aromatic carbocycles. The number of fused-ring (bicyclic) bond motifs is 1. The maximum absolute atomic E-state index is 11.7. The van der Waals surface area contributed by atoms with E-state index in [2.05, 4.69) is 18.6 Å². The molecule has 28 heavy (non-hydrogen) atoms. The van der Waals surface area contributed by atoms with Gasteiger partial charge in [0.2, 0.25) is 0 Å². The highest BCUT2D eigenvalue weighted by Gasteiger charge is 2.12. The second-order valence-corrected chi connectivity index (χ2v) is 7.59. The molecule has 2 rings (SSSR count). The molecule has 0 bridgehead atoms. The van der Waals surface area contributed by atoms with E-state index in [-0.39, 0.29) is 11.6 Å². The number of unbranched alkanes of at least 4 members (excludes halogenated alkanes) is 4. The van der Waals surface area contributed by atoms with Gasteiger partial charge in [0.1, 0.15) is 11.3 Å². The Kier molecular flexibility index (Phi) is 9.05. The first kappa shape index (κ1) is 22.0. The van der Waals surface area contributed by atoms with E-state index < -0.39 is 0 Å². The summed E-state index contributed by atoms with van der Waals surface area (Å²) < 4.78 is 16.2. The first-order valence-electron chi connectivity index (χ1n) is 10.3. The number of aryl methyl sites for hydroxylation is 1. The molecule has 0 aliphatic heterocycles. The van der Waals surface area contributed by atoms with Gasteiger partial charge in [0, 0.05) is 23.4 Å². The average molecular weight is 389 g/mol. The van der Waals surface area contributed by atoms with Crippen molar-refractivity contribution in [1.82, 2.24) is 0 Å². The van der Waals surface area contributed by atoms with Crippen molar-refractivity contribution in [3.63, 3.8) is 0 Å². The Morgan fingerprint density at radius 3 is 2.50 bits per heavy atom. The molecule has 154 valence electrons. The lowest BCUT2D eigenvalue weighted by atomic mass is 10.00. The summed E-state index contributed by atoms with van der Waals surface area (Å²) in [5.41, 5.74) is 1.30. The molecular formula is C23H32O5. The van der Waals surface area contributed by atoms with Crippen molar-refractivity contribution in [2.75, 3.05) is 13.7 Å². The quantitative estimate of drug-likeness (QED) is 0.281. The highest BCUT2D eigenvalue weighted by atomic mass is 16.5. The van der Waals surface area contributed by atoms with Crippen molar-refractivity contribution in [3.8, 4) is 5.75 Å². The third-order valence-electron chi connectivity index (χ3n) is 4.83. The fourth-order valence-corrected chi connectivity index (χ4v) is 3.16. The van der Waals surface area contributed by atoms with Crippen molar-refractivity contribution in [2.45, 2.75) is 65.2 Å². The Hall–Kier alpha value is -2.30. The minimum atomic E-state index is -0.331. The van der Waals surface area contributed by atoms with Crippen molar-refractivity contribution >= 4 is 16.9 Å². The number of carbonyl (C=O) groups excluding carboxylic acids is 1. The molecule has 0 N–H and O–H groups in total. The molecule has 0 fully saturated rings. The van der Waals surface area contributed by atoms with Gasteiger partial charge in [-0.25, -0.2) is 4.79 Å². The van der Waals surface area contributed by atoms with Crippen LogP contribution in [0.25, 0.3) is 11.0 Å². The zero-order valence-electron chi connectivity index (χ0n) is 17.3. The Bertz CT molecular complexity index is 806. The van der Waals surface area contributed by atoms with Crippen LogP contribution in [-0.4, -0.2) is 19.7 Å². The normalized spacial score (nSPS) is 11.1. The van der Waals surface area contributed by atoms with E-state index in [1.807, 2.05) is 12.1 Å². The number of methoxy groups -OCH3 is 1. The van der Waals surface area contributed by atoms with Gasteiger partial charge in [-0.15, -0.1) is 0 Å². The zero-order valence-corrected chi connectivity index (χ0v) is 17.3. The molecule has 5 heteroatoms. The average Bonchev–Trinajstić information content (AvgIpc) is 2.68. The van der Waals surface area contributed by atoms with E-state index in [1.165, 1.54) is 13.2 Å². The van der Waals surface area contributed by atoms with Gasteiger partial charge in [0.05, 0.1) is 13.7 Å². The number of carbonyl (C=O) groups is 1. The fourth-order valence-electron chi connectivity index (χ4n) is 3.16. The van der Waals surface area contributed by atoms with Crippen LogP contribution in [0.1, 0.15) is 64.4 Å². The van der Waals surface area contributed by atoms with E-state index in [0.717, 1.165) is 61.6 Å². The van der Waals surface area contributed by atoms with E-state index in [9.17, 15) is 9.59 Å². The third-order valence-corrected chi connectivity index (χ3v) is 4.83. The van der Waals surface area contributed by atoms with Crippen LogP contribution in [0.3, 0.4) is 0 Å². The number of hydrogen-bond donors (Lipinski definition) is 0. The van der Waals surface area contributed by atoms with Crippen LogP contribution in [0.4, 0.5) is 0 Å². The van der Waals surface area contributed by atoms with Crippen molar-refractivity contribution in [1.29, 1.82) is 0 Å². The molecule has 5 nitrogen and oxygen atoms in total. The predicted octanol–water partition coefficient (Wildman–Crippen LogP) is 5.27. The van der Waals surface area contributed by atoms with Gasteiger partial charge in [0.15, 0.2) is 0 Å². The molecule has 0 spiro atoms. The Balaban J connectivity index is 1.90. The highest BCUT2D eigenvalue weighted by Crippen LogP contribution is 2.29. The zero-order chi connectivity index (χ0) is 20.4. The second-order valence-electron chi connectivity index (χ2n) is 7.59. The smallest absolute Gasteiger partial charge is 0.336 e. The minimum Gasteiger partial charge on any atom is -0.493 e. The predicted molar refractivity (Wildman–Crippen MR) is 111 cm³/mol. The molecule has 0 aliphatic carbocycles. The molecule has 0 unspecified atom stereocenters. The number of ether oxygens (including phenoxy) is 2. The molecule has 1 aromatic heterocycles. The summed E-state index contributed by atoms with van der Waals surface area (Å²) in [5, 5.41) is 0.927. The number of benzene rings is 1. The number of rotatable bonds is 12. The molecule has 0 saturated heterocycles. The Labute approximate surface area is 167 Å². The van der Waals surface area contributed by atoms with Gasteiger partial charge in [-0.1, -0.05) is 33.1 Å². The van der Waals surface area contributed by atoms with Crippen LogP contribution >= 0.6 is 0 Å². The van der Waals surface area contributed by atoms with Crippen LogP contribution in [-0.2, 0) is 16.0 Å². The molecule has 1 heterocycles. The monoisotopic (exact) mass is 388 g/mol. The van der Waals surface area contributed by atoms with Crippen molar-refractivity contribution < 1.29 is 18.7 Å². The maximum atomic E-state index is 11.7. The molecule has 0 atom stereocenters. The van der Waals surface area contributed by atoms with Crippen molar-refractivity contribution in [3.05, 3.63) is 40.2 Å². The minimum absolute atomic E-state index is 0.139. The first-order chi connectivity index (χ1) is 13.5. The van der Waals surface area contributed by atoms with Gasteiger partial charge in [-0.05, 0) is 49.8 Å². The van der Waals surface area contributed by atoms with Gasteiger partial charge in [-0.2, -0.15) is 0 Å². The van der Waals surface area contributed by atoms with Crippen LogP contribution in [0.15, 0.2) is 33.5 Å². The lowest BCUT2D eigenvalue weighted by Gasteiger charge is -2.14. The second kappa shape index (κ2) is 11.5. The van der Waals surface area contributed by atoms with E-state index in [1.54, 1.807) is 6.07 Å². The highest BCUT2D eigenvalue weighted by molar-refractivity contribution is 5.82. The van der Waals surface area contributed by atoms with E-state index in [0.29, 0.717) is 24.5 Å². The molecule has 0 aliphatic rings. The van der Waals surface area contributed by atoms with Crippen LogP contribution < -0.4 is 10.4 Å². The standard InChI is InChI=1S/C23H32O5/c1-17(2)10-13-19-20(14-11-18-12-15-22(25)28-23(18)19)27-16-8-6-4-5-7-9-21(24)26-3/h11-12,14-15,17H,4-10,13,16H2,1-3H3. The van der Waals surface area contributed by atoms with E-state index in [4.69, 9.17) is 9.15 Å². The Morgan fingerprint density at radius 1 is 1.04 bits per heavy atom. The van der Waals surface area contributed by atoms with Gasteiger partial charge in [-0.3, -0.25) is 4.79 Å². The topological polar surface area (TPSA) is 65.7 Å². The van der Waals surface area contributed by atoms with Gasteiger partial charge >= 0.3 is 11.6 Å². The largest absolute Gasteiger partial charge is 0.493 e. The lowest BCUT2D eigenvalue weighted by molar-refractivity contribution is -0.140.